The molecule has 104 valence electrons. The van der Waals surface area contributed by atoms with Crippen LogP contribution < -0.4 is 10.2 Å². The molecular formula is C13H18N2O4. The summed E-state index contributed by atoms with van der Waals surface area (Å²) < 4.78 is 4.84. The molecule has 6 nitrogen and oxygen atoms in total. The molecule has 6 heteroatoms. The zero-order chi connectivity index (χ0) is 14.3. The van der Waals surface area contributed by atoms with Crippen LogP contribution in [0.2, 0.25) is 0 Å². The lowest BCUT2D eigenvalue weighted by molar-refractivity contribution is -0.137. The number of benzene rings is 1. The van der Waals surface area contributed by atoms with Gasteiger partial charge < -0.3 is 20.1 Å². The molecule has 0 aromatic heterocycles. The van der Waals surface area contributed by atoms with E-state index in [2.05, 4.69) is 5.32 Å². The summed E-state index contributed by atoms with van der Waals surface area (Å²) in [6, 6.07) is 6.03. The van der Waals surface area contributed by atoms with Gasteiger partial charge in [-0.05, 0) is 30.7 Å². The number of hydrogen-bond acceptors (Lipinski definition) is 4. The highest BCUT2D eigenvalue weighted by atomic mass is 16.5. The van der Waals surface area contributed by atoms with Crippen molar-refractivity contribution in [3.63, 3.8) is 0 Å². The first kappa shape index (κ1) is 15.0. The standard InChI is InChI=1S/C13H18N2O4/c1-15(10-4-6-11(16)7-5-10)13(18)12(17)14-8-3-9-19-2/h4-7,16H,3,8-9H2,1-2H3,(H,14,17). The van der Waals surface area contributed by atoms with Gasteiger partial charge in [-0.2, -0.15) is 0 Å². The normalized spacial score (nSPS) is 10.0. The molecular weight excluding hydrogens is 248 g/mol. The maximum atomic E-state index is 11.8. The van der Waals surface area contributed by atoms with Crippen molar-refractivity contribution in [2.45, 2.75) is 6.42 Å². The Balaban J connectivity index is 2.51. The van der Waals surface area contributed by atoms with Crippen LogP contribution in [-0.2, 0) is 14.3 Å². The maximum absolute atomic E-state index is 11.8. The molecule has 1 rings (SSSR count). The number of aromatic hydroxyl groups is 1. The van der Waals surface area contributed by atoms with Gasteiger partial charge in [0.15, 0.2) is 0 Å². The first-order chi connectivity index (χ1) is 9.06. The molecule has 1 aromatic carbocycles. The second-order valence-corrected chi connectivity index (χ2v) is 3.98. The number of phenolic OH excluding ortho intramolecular Hbond substituents is 1. The van der Waals surface area contributed by atoms with Crippen LogP contribution in [0.5, 0.6) is 5.75 Å². The van der Waals surface area contributed by atoms with Crippen LogP contribution in [0, 0.1) is 0 Å². The minimum absolute atomic E-state index is 0.105. The fraction of sp³-hybridized carbons (Fsp3) is 0.385. The summed E-state index contributed by atoms with van der Waals surface area (Å²) in [5.74, 6) is -1.21. The molecule has 0 saturated carbocycles. The van der Waals surface area contributed by atoms with E-state index in [0.29, 0.717) is 25.3 Å². The molecule has 0 radical (unpaired) electrons. The third-order valence-corrected chi connectivity index (χ3v) is 2.55. The minimum atomic E-state index is -0.660. The number of nitrogens with one attached hydrogen (secondary N) is 1. The summed E-state index contributed by atoms with van der Waals surface area (Å²) >= 11 is 0. The highest BCUT2D eigenvalue weighted by Crippen LogP contribution is 2.17. The number of anilines is 1. The van der Waals surface area contributed by atoms with E-state index in [0.717, 1.165) is 0 Å². The van der Waals surface area contributed by atoms with E-state index >= 15 is 0 Å². The fourth-order valence-corrected chi connectivity index (χ4v) is 1.44. The van der Waals surface area contributed by atoms with Gasteiger partial charge in [0.2, 0.25) is 0 Å². The number of likely N-dealkylation sites (N-methyl/N-ethyl adjacent to an activating group) is 1. The van der Waals surface area contributed by atoms with Crippen LogP contribution in [0.15, 0.2) is 24.3 Å². The molecule has 2 amide bonds. The molecule has 0 bridgehead atoms. The van der Waals surface area contributed by atoms with Gasteiger partial charge in [0.05, 0.1) is 0 Å². The molecule has 19 heavy (non-hydrogen) atoms. The van der Waals surface area contributed by atoms with Crippen LogP contribution in [-0.4, -0.2) is 44.2 Å². The Morgan fingerprint density at radius 2 is 1.95 bits per heavy atom. The maximum Gasteiger partial charge on any atom is 0.316 e. The predicted octanol–water partition coefficient (Wildman–Crippen LogP) is 0.508. The van der Waals surface area contributed by atoms with Gasteiger partial charge in [0.1, 0.15) is 5.75 Å². The Kier molecular flexibility index (Phi) is 5.81. The SMILES string of the molecule is COCCCNC(=O)C(=O)N(C)c1ccc(O)cc1. The summed E-state index contributed by atoms with van der Waals surface area (Å²) in [6.45, 7) is 0.921. The fourth-order valence-electron chi connectivity index (χ4n) is 1.44. The Labute approximate surface area is 112 Å². The summed E-state index contributed by atoms with van der Waals surface area (Å²) in [5, 5.41) is 11.7. The molecule has 0 aliphatic heterocycles. The van der Waals surface area contributed by atoms with Gasteiger partial charge in [-0.1, -0.05) is 0 Å². The Morgan fingerprint density at radius 3 is 2.53 bits per heavy atom. The van der Waals surface area contributed by atoms with Crippen molar-refractivity contribution in [3.8, 4) is 5.75 Å². The molecule has 0 aliphatic rings. The lowest BCUT2D eigenvalue weighted by atomic mass is 10.2. The predicted molar refractivity (Wildman–Crippen MR) is 71.0 cm³/mol. The van der Waals surface area contributed by atoms with Gasteiger partial charge in [0, 0.05) is 33.0 Å². The van der Waals surface area contributed by atoms with Crippen molar-refractivity contribution < 1.29 is 19.4 Å². The molecule has 0 saturated heterocycles. The van der Waals surface area contributed by atoms with E-state index in [1.165, 1.54) is 24.1 Å². The van der Waals surface area contributed by atoms with Crippen molar-refractivity contribution in [1.29, 1.82) is 0 Å². The van der Waals surface area contributed by atoms with Gasteiger partial charge in [-0.15, -0.1) is 0 Å². The monoisotopic (exact) mass is 266 g/mol. The number of hydrogen-bond donors (Lipinski definition) is 2. The number of carbonyl (C=O) groups is 2. The van der Waals surface area contributed by atoms with Crippen molar-refractivity contribution in [1.82, 2.24) is 5.32 Å². The third kappa shape index (κ3) is 4.59. The summed E-state index contributed by atoms with van der Waals surface area (Å²) in [7, 11) is 3.08. The Hall–Kier alpha value is -2.08. The molecule has 0 aliphatic carbocycles. The quantitative estimate of drug-likeness (QED) is 0.601. The van der Waals surface area contributed by atoms with Gasteiger partial charge in [-0.25, -0.2) is 0 Å². The van der Waals surface area contributed by atoms with E-state index in [-0.39, 0.29) is 5.75 Å². The summed E-state index contributed by atoms with van der Waals surface area (Å²) in [6.07, 6.45) is 0.651. The largest absolute Gasteiger partial charge is 0.508 e. The summed E-state index contributed by atoms with van der Waals surface area (Å²) in [4.78, 5) is 24.6. The summed E-state index contributed by atoms with van der Waals surface area (Å²) in [5.41, 5.74) is 0.537. The van der Waals surface area contributed by atoms with Crippen molar-refractivity contribution in [3.05, 3.63) is 24.3 Å². The topological polar surface area (TPSA) is 78.9 Å². The number of carbonyl (C=O) groups excluding carboxylic acids is 2. The number of rotatable bonds is 5. The number of methoxy groups -OCH3 is 1. The van der Waals surface area contributed by atoms with Gasteiger partial charge in [-0.3, -0.25) is 9.59 Å². The molecule has 1 aromatic rings. The van der Waals surface area contributed by atoms with Gasteiger partial charge >= 0.3 is 11.8 Å². The van der Waals surface area contributed by atoms with Crippen LogP contribution in [0.4, 0.5) is 5.69 Å². The van der Waals surface area contributed by atoms with Crippen molar-refractivity contribution >= 4 is 17.5 Å². The van der Waals surface area contributed by atoms with E-state index < -0.39 is 11.8 Å². The number of nitrogens with zero attached hydrogens (tertiary/aromatic N) is 1. The second kappa shape index (κ2) is 7.38. The minimum Gasteiger partial charge on any atom is -0.508 e. The van der Waals surface area contributed by atoms with Crippen molar-refractivity contribution in [2.75, 3.05) is 32.2 Å². The average Bonchev–Trinajstić information content (AvgIpc) is 2.42. The zero-order valence-corrected chi connectivity index (χ0v) is 11.0. The Bertz CT molecular complexity index is 431. The molecule has 0 atom stereocenters. The van der Waals surface area contributed by atoms with E-state index in [1.54, 1.807) is 19.2 Å². The van der Waals surface area contributed by atoms with E-state index in [4.69, 9.17) is 9.84 Å². The molecule has 0 spiro atoms. The van der Waals surface area contributed by atoms with Gasteiger partial charge in [0.25, 0.3) is 0 Å². The Morgan fingerprint density at radius 1 is 1.32 bits per heavy atom. The molecule has 2 N–H and O–H groups in total. The first-order valence-electron chi connectivity index (χ1n) is 5.90. The molecule has 0 unspecified atom stereocenters. The highest BCUT2D eigenvalue weighted by Gasteiger charge is 2.19. The van der Waals surface area contributed by atoms with E-state index in [1.807, 2.05) is 0 Å². The average molecular weight is 266 g/mol. The smallest absolute Gasteiger partial charge is 0.316 e. The molecule has 0 heterocycles. The third-order valence-electron chi connectivity index (χ3n) is 2.55. The van der Waals surface area contributed by atoms with Crippen LogP contribution in [0.3, 0.4) is 0 Å². The van der Waals surface area contributed by atoms with Crippen molar-refractivity contribution in [2.24, 2.45) is 0 Å². The highest BCUT2D eigenvalue weighted by molar-refractivity contribution is 6.40. The van der Waals surface area contributed by atoms with Crippen LogP contribution in [0.25, 0.3) is 0 Å². The lowest BCUT2D eigenvalue weighted by Gasteiger charge is -2.16. The van der Waals surface area contributed by atoms with Crippen LogP contribution in [0.1, 0.15) is 6.42 Å². The number of ether oxygens (including phenoxy) is 1. The number of phenols is 1. The number of amides is 2. The van der Waals surface area contributed by atoms with E-state index in [9.17, 15) is 9.59 Å². The van der Waals surface area contributed by atoms with Crippen LogP contribution >= 0.6 is 0 Å². The zero-order valence-electron chi connectivity index (χ0n) is 11.0. The lowest BCUT2D eigenvalue weighted by Crippen LogP contribution is -2.41. The second-order valence-electron chi connectivity index (χ2n) is 3.98. The first-order valence-corrected chi connectivity index (χ1v) is 5.90. The molecule has 0 fully saturated rings.